The Hall–Kier alpha value is -1.52. The van der Waals surface area contributed by atoms with Gasteiger partial charge in [-0.1, -0.05) is 11.6 Å². The lowest BCUT2D eigenvalue weighted by atomic mass is 10.1. The summed E-state index contributed by atoms with van der Waals surface area (Å²) in [5.74, 6) is -0.388. The Balaban J connectivity index is 2.98. The molecule has 0 aromatic heterocycles. The van der Waals surface area contributed by atoms with Gasteiger partial charge in [0.25, 0.3) is 0 Å². The number of hydrogen-bond acceptors (Lipinski definition) is 4. The van der Waals surface area contributed by atoms with Crippen LogP contribution in [0.2, 0.25) is 0 Å². The molecule has 5 nitrogen and oxygen atoms in total. The topological polar surface area (TPSA) is 55.8 Å². The molecule has 0 aromatic rings. The molecule has 1 heterocycles. The zero-order valence-electron chi connectivity index (χ0n) is 13.2. The van der Waals surface area contributed by atoms with E-state index in [2.05, 4.69) is 0 Å². The lowest BCUT2D eigenvalue weighted by molar-refractivity contribution is -0.146. The van der Waals surface area contributed by atoms with Gasteiger partial charge in [0.15, 0.2) is 0 Å². The van der Waals surface area contributed by atoms with Crippen molar-refractivity contribution in [3.8, 4) is 0 Å². The summed E-state index contributed by atoms with van der Waals surface area (Å²) in [4.78, 5) is 25.7. The summed E-state index contributed by atoms with van der Waals surface area (Å²) < 4.78 is 10.2. The Kier molecular flexibility index (Phi) is 5.20. The van der Waals surface area contributed by atoms with E-state index in [1.165, 1.54) is 12.0 Å². The fourth-order valence-corrected chi connectivity index (χ4v) is 2.33. The zero-order valence-corrected chi connectivity index (χ0v) is 13.2. The summed E-state index contributed by atoms with van der Waals surface area (Å²) in [7, 11) is 1.34. The first-order valence-electron chi connectivity index (χ1n) is 6.90. The Morgan fingerprint density at radius 3 is 2.25 bits per heavy atom. The number of rotatable bonds is 2. The first kappa shape index (κ1) is 16.5. The first-order chi connectivity index (χ1) is 9.15. The van der Waals surface area contributed by atoms with Crippen LogP contribution >= 0.6 is 0 Å². The van der Waals surface area contributed by atoms with Gasteiger partial charge in [-0.05, 0) is 47.5 Å². The second kappa shape index (κ2) is 6.29. The van der Waals surface area contributed by atoms with E-state index in [-0.39, 0.29) is 12.0 Å². The Morgan fingerprint density at radius 1 is 1.20 bits per heavy atom. The summed E-state index contributed by atoms with van der Waals surface area (Å²) in [5.41, 5.74) is 0.518. The van der Waals surface area contributed by atoms with E-state index >= 15 is 0 Å². The summed E-state index contributed by atoms with van der Waals surface area (Å²) in [6.45, 7) is 9.37. The summed E-state index contributed by atoms with van der Waals surface area (Å²) in [6, 6.07) is -0.672. The second-order valence-electron chi connectivity index (χ2n) is 6.32. The van der Waals surface area contributed by atoms with Crippen molar-refractivity contribution in [1.29, 1.82) is 0 Å². The average molecular weight is 283 g/mol. The fraction of sp³-hybridized carbons (Fsp3) is 0.733. The summed E-state index contributed by atoms with van der Waals surface area (Å²) in [6.07, 6.45) is 2.87. The molecule has 0 radical (unpaired) electrons. The van der Waals surface area contributed by atoms with Gasteiger partial charge in [-0.2, -0.15) is 0 Å². The maximum Gasteiger partial charge on any atom is 0.411 e. The Labute approximate surface area is 120 Å². The van der Waals surface area contributed by atoms with Crippen LogP contribution in [-0.4, -0.2) is 41.8 Å². The largest absolute Gasteiger partial charge is 0.467 e. The van der Waals surface area contributed by atoms with Crippen molar-refractivity contribution in [2.45, 2.75) is 65.1 Å². The minimum atomic E-state index is -0.587. The van der Waals surface area contributed by atoms with Crippen molar-refractivity contribution >= 4 is 12.1 Å². The summed E-state index contributed by atoms with van der Waals surface area (Å²) >= 11 is 0. The van der Waals surface area contributed by atoms with Crippen LogP contribution in [0.1, 0.15) is 47.5 Å². The van der Waals surface area contributed by atoms with Crippen LogP contribution in [0.5, 0.6) is 0 Å². The lowest BCUT2D eigenvalue weighted by Gasteiger charge is -2.30. The number of methoxy groups -OCH3 is 1. The highest BCUT2D eigenvalue weighted by Gasteiger charge is 2.42. The van der Waals surface area contributed by atoms with Crippen molar-refractivity contribution in [3.05, 3.63) is 11.6 Å². The van der Waals surface area contributed by atoms with Crippen LogP contribution in [0.25, 0.3) is 0 Å². The highest BCUT2D eigenvalue weighted by atomic mass is 16.6. The number of amides is 1. The van der Waals surface area contributed by atoms with E-state index in [0.717, 1.165) is 12.0 Å². The van der Waals surface area contributed by atoms with Gasteiger partial charge in [-0.3, -0.25) is 4.90 Å². The van der Waals surface area contributed by atoms with Crippen LogP contribution in [-0.2, 0) is 14.3 Å². The van der Waals surface area contributed by atoms with Gasteiger partial charge in [0, 0.05) is 0 Å². The van der Waals surface area contributed by atoms with Crippen LogP contribution in [0, 0.1) is 0 Å². The van der Waals surface area contributed by atoms with Crippen molar-refractivity contribution in [2.24, 2.45) is 0 Å². The fourth-order valence-electron chi connectivity index (χ4n) is 2.33. The third-order valence-corrected chi connectivity index (χ3v) is 3.03. The first-order valence-corrected chi connectivity index (χ1v) is 6.90. The third-order valence-electron chi connectivity index (χ3n) is 3.03. The number of esters is 1. The van der Waals surface area contributed by atoms with E-state index in [9.17, 15) is 9.59 Å². The number of likely N-dealkylation sites (tertiary alicyclic amines) is 1. The molecule has 0 aromatic carbocycles. The van der Waals surface area contributed by atoms with Gasteiger partial charge in [0.05, 0.1) is 13.2 Å². The maximum atomic E-state index is 12.4. The molecule has 0 unspecified atom stereocenters. The molecule has 1 saturated heterocycles. The van der Waals surface area contributed by atoms with Gasteiger partial charge >= 0.3 is 12.1 Å². The van der Waals surface area contributed by atoms with Gasteiger partial charge < -0.3 is 9.47 Å². The minimum absolute atomic E-state index is 0.112. The Morgan fingerprint density at radius 2 is 1.80 bits per heavy atom. The normalized spacial score (nSPS) is 22.4. The molecule has 0 bridgehead atoms. The molecule has 0 saturated carbocycles. The molecular weight excluding hydrogens is 258 g/mol. The lowest BCUT2D eigenvalue weighted by Crippen LogP contribution is -2.47. The molecule has 2 atom stereocenters. The molecule has 1 amide bonds. The minimum Gasteiger partial charge on any atom is -0.467 e. The number of nitrogens with zero attached hydrogens (tertiary/aromatic N) is 1. The highest BCUT2D eigenvalue weighted by Crippen LogP contribution is 2.28. The average Bonchev–Trinajstić information content (AvgIpc) is 2.68. The molecule has 114 valence electrons. The molecule has 0 aliphatic carbocycles. The van der Waals surface area contributed by atoms with Crippen molar-refractivity contribution in [1.82, 2.24) is 4.90 Å². The molecule has 1 aliphatic heterocycles. The van der Waals surface area contributed by atoms with E-state index in [0.29, 0.717) is 6.42 Å². The van der Waals surface area contributed by atoms with E-state index in [4.69, 9.17) is 9.47 Å². The molecule has 20 heavy (non-hydrogen) atoms. The van der Waals surface area contributed by atoms with Gasteiger partial charge in [-0.15, -0.1) is 0 Å². The van der Waals surface area contributed by atoms with Crippen molar-refractivity contribution in [2.75, 3.05) is 7.11 Å². The molecule has 5 heteroatoms. The van der Waals surface area contributed by atoms with Crippen LogP contribution in [0.4, 0.5) is 4.79 Å². The third kappa shape index (κ3) is 4.25. The van der Waals surface area contributed by atoms with E-state index < -0.39 is 17.7 Å². The number of carbonyl (C=O) groups is 2. The standard InChI is InChI=1S/C15H25NO4/c1-10(2)9-11-7-8-12(13(17)19-6)16(11)14(18)20-15(3,4)5/h9,11-12H,7-8H2,1-6H3/t11-,12+/m1/s1. The monoisotopic (exact) mass is 283 g/mol. The molecular formula is C15H25NO4. The van der Waals surface area contributed by atoms with Gasteiger partial charge in [-0.25, -0.2) is 9.59 Å². The maximum absolute atomic E-state index is 12.4. The van der Waals surface area contributed by atoms with Crippen molar-refractivity contribution in [3.63, 3.8) is 0 Å². The highest BCUT2D eigenvalue weighted by molar-refractivity contribution is 5.82. The van der Waals surface area contributed by atoms with Gasteiger partial charge in [0.1, 0.15) is 11.6 Å². The van der Waals surface area contributed by atoms with Crippen LogP contribution in [0.3, 0.4) is 0 Å². The number of carbonyl (C=O) groups excluding carboxylic acids is 2. The van der Waals surface area contributed by atoms with E-state index in [1.54, 1.807) is 0 Å². The van der Waals surface area contributed by atoms with Crippen molar-refractivity contribution < 1.29 is 19.1 Å². The molecule has 0 N–H and O–H groups in total. The SMILES string of the molecule is COC(=O)[C@@H]1CC[C@H](C=C(C)C)N1C(=O)OC(C)(C)C. The van der Waals surface area contributed by atoms with E-state index in [1.807, 2.05) is 40.7 Å². The molecule has 0 spiro atoms. The molecule has 1 aliphatic rings. The number of ether oxygens (including phenoxy) is 2. The van der Waals surface area contributed by atoms with Crippen LogP contribution < -0.4 is 0 Å². The quantitative estimate of drug-likeness (QED) is 0.577. The summed E-state index contributed by atoms with van der Waals surface area (Å²) in [5, 5.41) is 0. The Bertz CT molecular complexity index is 405. The van der Waals surface area contributed by atoms with Gasteiger partial charge in [0.2, 0.25) is 0 Å². The number of allylic oxidation sites excluding steroid dienone is 1. The van der Waals surface area contributed by atoms with Crippen LogP contribution in [0.15, 0.2) is 11.6 Å². The predicted molar refractivity (Wildman–Crippen MR) is 76.3 cm³/mol. The smallest absolute Gasteiger partial charge is 0.411 e. The zero-order chi connectivity index (χ0) is 15.5. The molecule has 1 rings (SSSR count). The predicted octanol–water partition coefficient (Wildman–Crippen LogP) is 2.89. The second-order valence-corrected chi connectivity index (χ2v) is 6.32. The molecule has 1 fully saturated rings. The number of hydrogen-bond donors (Lipinski definition) is 0.